The summed E-state index contributed by atoms with van der Waals surface area (Å²) in [4.78, 5) is 14.6. The molecule has 0 amide bonds. The third kappa shape index (κ3) is 2.77. The van der Waals surface area contributed by atoms with Gasteiger partial charge in [0.1, 0.15) is 5.75 Å². The summed E-state index contributed by atoms with van der Waals surface area (Å²) in [5, 5.41) is 0.483. The van der Waals surface area contributed by atoms with Crippen molar-refractivity contribution >= 4 is 22.5 Å². The zero-order chi connectivity index (χ0) is 15.7. The van der Waals surface area contributed by atoms with Gasteiger partial charge < -0.3 is 4.74 Å². The highest BCUT2D eigenvalue weighted by atomic mass is 35.5. The van der Waals surface area contributed by atoms with E-state index in [1.807, 2.05) is 0 Å². The number of aromatic nitrogens is 4. The van der Waals surface area contributed by atoms with E-state index in [0.717, 1.165) is 12.4 Å². The van der Waals surface area contributed by atoms with Crippen LogP contribution >= 0.6 is 11.6 Å². The van der Waals surface area contributed by atoms with Gasteiger partial charge in [-0.3, -0.25) is 0 Å². The molecular weight excluding hydrogens is 321 g/mol. The molecule has 3 aromatic rings. The van der Waals surface area contributed by atoms with Crippen LogP contribution in [0.2, 0.25) is 5.02 Å². The van der Waals surface area contributed by atoms with Gasteiger partial charge in [-0.15, -0.1) is 0 Å². The Kier molecular flexibility index (Phi) is 3.76. The Morgan fingerprint density at radius 1 is 1.05 bits per heavy atom. The Labute approximate surface area is 126 Å². The summed E-state index contributed by atoms with van der Waals surface area (Å²) in [7, 11) is 0. The summed E-state index contributed by atoms with van der Waals surface area (Å²) in [5.74, 6) is -1.03. The Morgan fingerprint density at radius 2 is 1.77 bits per heavy atom. The number of halogens is 4. The highest BCUT2D eigenvalue weighted by Gasteiger charge is 2.15. The summed E-state index contributed by atoms with van der Waals surface area (Å²) in [5.41, 5.74) is 0.117. The van der Waals surface area contributed by atoms with Crippen molar-refractivity contribution < 1.29 is 17.9 Å². The molecule has 0 atom stereocenters. The minimum Gasteiger partial charge on any atom is -0.424 e. The molecule has 0 bridgehead atoms. The zero-order valence-corrected chi connectivity index (χ0v) is 11.4. The molecule has 0 aliphatic carbocycles. The second kappa shape index (κ2) is 5.72. The minimum absolute atomic E-state index is 0.108. The van der Waals surface area contributed by atoms with Crippen LogP contribution in [0.3, 0.4) is 0 Å². The average Bonchev–Trinajstić information content (AvgIpc) is 2.52. The second-order valence-corrected chi connectivity index (χ2v) is 4.53. The molecule has 0 aliphatic heterocycles. The molecule has 0 unspecified atom stereocenters. The van der Waals surface area contributed by atoms with E-state index in [4.69, 9.17) is 16.3 Å². The zero-order valence-electron chi connectivity index (χ0n) is 10.7. The van der Waals surface area contributed by atoms with Gasteiger partial charge in [0.25, 0.3) is 6.43 Å². The molecule has 5 nitrogen and oxygen atoms in total. The Bertz CT molecular complexity index is 829. The topological polar surface area (TPSA) is 60.8 Å². The summed E-state index contributed by atoms with van der Waals surface area (Å²) in [6.07, 6.45) is 0.233. The molecule has 0 saturated heterocycles. The number of fused-ring (bicyclic) bond motifs is 1. The Morgan fingerprint density at radius 3 is 2.45 bits per heavy atom. The van der Waals surface area contributed by atoms with Crippen LogP contribution in [0.15, 0.2) is 30.7 Å². The van der Waals surface area contributed by atoms with Gasteiger partial charge >= 0.3 is 6.01 Å². The number of benzene rings is 1. The summed E-state index contributed by atoms with van der Waals surface area (Å²) < 4.78 is 43.5. The van der Waals surface area contributed by atoms with Crippen LogP contribution in [0.1, 0.15) is 12.2 Å². The standard InChI is InChI=1S/C13H6ClF3N4O/c14-8-1-2-9(22-13-19-3-6(15)4-20-13)7-5-18-12(11(16)17)21-10(7)8/h1-5,11H. The number of ether oxygens (including phenoxy) is 1. The van der Waals surface area contributed by atoms with Crippen LogP contribution in [0.5, 0.6) is 11.8 Å². The number of rotatable bonds is 3. The summed E-state index contributed by atoms with van der Waals surface area (Å²) in [6.45, 7) is 0. The molecule has 0 aliphatic rings. The number of hydrogen-bond donors (Lipinski definition) is 0. The predicted molar refractivity (Wildman–Crippen MR) is 71.6 cm³/mol. The Balaban J connectivity index is 2.06. The van der Waals surface area contributed by atoms with Crippen LogP contribution in [0, 0.1) is 5.82 Å². The van der Waals surface area contributed by atoms with Crippen molar-refractivity contribution in [1.29, 1.82) is 0 Å². The van der Waals surface area contributed by atoms with E-state index in [1.54, 1.807) is 0 Å². The van der Waals surface area contributed by atoms with E-state index in [9.17, 15) is 13.2 Å². The molecule has 2 aromatic heterocycles. The first-order valence-electron chi connectivity index (χ1n) is 5.93. The van der Waals surface area contributed by atoms with Crippen molar-refractivity contribution in [3.8, 4) is 11.8 Å². The maximum absolute atomic E-state index is 12.8. The molecule has 0 spiro atoms. The van der Waals surface area contributed by atoms with Crippen molar-refractivity contribution in [3.05, 3.63) is 47.4 Å². The molecule has 112 valence electrons. The fourth-order valence-electron chi connectivity index (χ4n) is 1.72. The lowest BCUT2D eigenvalue weighted by atomic mass is 10.2. The lowest BCUT2D eigenvalue weighted by Crippen LogP contribution is -1.98. The van der Waals surface area contributed by atoms with Gasteiger partial charge in [0.15, 0.2) is 11.6 Å². The molecular formula is C13H6ClF3N4O. The SMILES string of the molecule is Fc1cnc(Oc2ccc(Cl)c3nc(C(F)F)ncc23)nc1. The van der Waals surface area contributed by atoms with Gasteiger partial charge in [-0.2, -0.15) is 0 Å². The highest BCUT2D eigenvalue weighted by molar-refractivity contribution is 6.35. The van der Waals surface area contributed by atoms with Crippen molar-refractivity contribution in [2.45, 2.75) is 6.43 Å². The monoisotopic (exact) mass is 326 g/mol. The van der Waals surface area contributed by atoms with Crippen LogP contribution < -0.4 is 4.74 Å². The lowest BCUT2D eigenvalue weighted by Gasteiger charge is -2.08. The van der Waals surface area contributed by atoms with E-state index >= 15 is 0 Å². The first-order chi connectivity index (χ1) is 10.5. The molecule has 3 rings (SSSR count). The van der Waals surface area contributed by atoms with E-state index in [2.05, 4.69) is 19.9 Å². The summed E-state index contributed by atoms with van der Waals surface area (Å²) >= 11 is 5.96. The molecule has 1 aromatic carbocycles. The number of alkyl halides is 2. The highest BCUT2D eigenvalue weighted by Crippen LogP contribution is 2.32. The maximum atomic E-state index is 12.8. The van der Waals surface area contributed by atoms with E-state index in [-0.39, 0.29) is 22.3 Å². The van der Waals surface area contributed by atoms with Crippen LogP contribution in [0.4, 0.5) is 13.2 Å². The minimum atomic E-state index is -2.81. The third-order valence-corrected chi connectivity index (χ3v) is 2.98. The predicted octanol–water partition coefficient (Wildman–Crippen LogP) is 3.94. The lowest BCUT2D eigenvalue weighted by molar-refractivity contribution is 0.141. The fraction of sp³-hybridized carbons (Fsp3) is 0.0769. The molecule has 9 heteroatoms. The van der Waals surface area contributed by atoms with Gasteiger partial charge in [-0.05, 0) is 12.1 Å². The smallest absolute Gasteiger partial charge is 0.322 e. The first-order valence-corrected chi connectivity index (χ1v) is 6.31. The van der Waals surface area contributed by atoms with Gasteiger partial charge in [-0.25, -0.2) is 33.1 Å². The molecule has 0 radical (unpaired) electrons. The third-order valence-electron chi connectivity index (χ3n) is 2.67. The van der Waals surface area contributed by atoms with Crippen molar-refractivity contribution in [2.24, 2.45) is 0 Å². The normalized spacial score (nSPS) is 11.1. The van der Waals surface area contributed by atoms with Crippen LogP contribution in [-0.4, -0.2) is 19.9 Å². The molecule has 0 fully saturated rings. The fourth-order valence-corrected chi connectivity index (χ4v) is 1.93. The van der Waals surface area contributed by atoms with Crippen molar-refractivity contribution in [3.63, 3.8) is 0 Å². The average molecular weight is 327 g/mol. The van der Waals surface area contributed by atoms with Crippen molar-refractivity contribution in [1.82, 2.24) is 19.9 Å². The molecule has 0 N–H and O–H groups in total. The quantitative estimate of drug-likeness (QED) is 0.729. The largest absolute Gasteiger partial charge is 0.424 e. The number of nitrogens with zero attached hydrogens (tertiary/aromatic N) is 4. The van der Waals surface area contributed by atoms with Crippen LogP contribution in [0.25, 0.3) is 10.9 Å². The Hall–Kier alpha value is -2.48. The van der Waals surface area contributed by atoms with Gasteiger partial charge in [-0.1, -0.05) is 11.6 Å². The summed E-state index contributed by atoms with van der Waals surface area (Å²) in [6, 6.07) is 2.82. The molecule has 2 heterocycles. The van der Waals surface area contributed by atoms with E-state index < -0.39 is 18.1 Å². The van der Waals surface area contributed by atoms with Gasteiger partial charge in [0, 0.05) is 6.20 Å². The number of hydrogen-bond acceptors (Lipinski definition) is 5. The molecule has 0 saturated carbocycles. The van der Waals surface area contributed by atoms with E-state index in [0.29, 0.717) is 5.39 Å². The first kappa shape index (κ1) is 14.5. The van der Waals surface area contributed by atoms with Gasteiger partial charge in [0.05, 0.1) is 28.3 Å². The van der Waals surface area contributed by atoms with E-state index in [1.165, 1.54) is 18.3 Å². The van der Waals surface area contributed by atoms with Gasteiger partial charge in [0.2, 0.25) is 0 Å². The second-order valence-electron chi connectivity index (χ2n) is 4.12. The van der Waals surface area contributed by atoms with Crippen molar-refractivity contribution in [2.75, 3.05) is 0 Å². The van der Waals surface area contributed by atoms with Crippen LogP contribution in [-0.2, 0) is 0 Å². The maximum Gasteiger partial charge on any atom is 0.322 e. The molecule has 22 heavy (non-hydrogen) atoms.